The van der Waals surface area contributed by atoms with Gasteiger partial charge in [-0.05, 0) is 50.6 Å². The second-order valence-electron chi connectivity index (χ2n) is 7.55. The fourth-order valence-electron chi connectivity index (χ4n) is 4.19. The van der Waals surface area contributed by atoms with Gasteiger partial charge >= 0.3 is 0 Å². The fourth-order valence-corrected chi connectivity index (χ4v) is 4.89. The number of aryl methyl sites for hydroxylation is 2. The van der Waals surface area contributed by atoms with Gasteiger partial charge in [0.05, 0.1) is 11.4 Å². The predicted molar refractivity (Wildman–Crippen MR) is 101 cm³/mol. The molecule has 9 heteroatoms. The average molecular weight is 399 g/mol. The summed E-state index contributed by atoms with van der Waals surface area (Å²) in [6.07, 6.45) is 5.82. The van der Waals surface area contributed by atoms with Crippen LogP contribution in [-0.4, -0.2) is 43.8 Å². The van der Waals surface area contributed by atoms with Gasteiger partial charge in [0.15, 0.2) is 11.5 Å². The van der Waals surface area contributed by atoms with Gasteiger partial charge in [-0.1, -0.05) is 14.8 Å². The summed E-state index contributed by atoms with van der Waals surface area (Å²) < 4.78 is 15.0. The minimum Gasteiger partial charge on any atom is -0.360 e. The van der Waals surface area contributed by atoms with Crippen LogP contribution in [0.4, 0.5) is 0 Å². The molecule has 0 radical (unpaired) electrons. The van der Waals surface area contributed by atoms with E-state index in [0.717, 1.165) is 72.7 Å². The van der Waals surface area contributed by atoms with Gasteiger partial charge in [-0.3, -0.25) is 4.79 Å². The van der Waals surface area contributed by atoms with Crippen molar-refractivity contribution < 1.29 is 13.8 Å². The number of amides is 1. The Hall–Kier alpha value is -2.55. The highest BCUT2D eigenvalue weighted by molar-refractivity contribution is 7.09. The van der Waals surface area contributed by atoms with Crippen LogP contribution in [0, 0.1) is 6.92 Å². The zero-order valence-corrected chi connectivity index (χ0v) is 16.5. The summed E-state index contributed by atoms with van der Waals surface area (Å²) >= 11 is 1.31. The molecule has 2 aliphatic rings. The molecule has 146 valence electrons. The molecule has 1 fully saturated rings. The highest BCUT2D eigenvalue weighted by atomic mass is 32.1. The van der Waals surface area contributed by atoms with E-state index in [9.17, 15) is 4.79 Å². The van der Waals surface area contributed by atoms with Crippen molar-refractivity contribution in [2.45, 2.75) is 51.4 Å². The van der Waals surface area contributed by atoms with Gasteiger partial charge in [0.2, 0.25) is 0 Å². The summed E-state index contributed by atoms with van der Waals surface area (Å²) in [6.45, 7) is 3.22. The maximum atomic E-state index is 13.1. The van der Waals surface area contributed by atoms with Gasteiger partial charge in [-0.2, -0.15) is 0 Å². The van der Waals surface area contributed by atoms with Crippen LogP contribution in [0.5, 0.6) is 0 Å². The lowest BCUT2D eigenvalue weighted by molar-refractivity contribution is 0.0694. The average Bonchev–Trinajstić information content (AvgIpc) is 3.46. The number of hydrogen-bond donors (Lipinski definition) is 0. The molecule has 0 spiro atoms. The number of likely N-dealkylation sites (tertiary alicyclic amines) is 1. The maximum absolute atomic E-state index is 13.1. The van der Waals surface area contributed by atoms with E-state index in [2.05, 4.69) is 19.9 Å². The van der Waals surface area contributed by atoms with Crippen molar-refractivity contribution >= 4 is 17.4 Å². The molecule has 1 saturated heterocycles. The Morgan fingerprint density at radius 3 is 2.96 bits per heavy atom. The van der Waals surface area contributed by atoms with Crippen molar-refractivity contribution in [2.24, 2.45) is 0 Å². The molecule has 3 aromatic rings. The number of fused-ring (bicyclic) bond motifs is 1. The number of nitrogens with zero attached hydrogens (tertiary/aromatic N) is 5. The van der Waals surface area contributed by atoms with Crippen LogP contribution in [0.1, 0.15) is 64.8 Å². The third-order valence-corrected chi connectivity index (χ3v) is 6.37. The minimum absolute atomic E-state index is 0.0307. The third kappa shape index (κ3) is 3.03. The molecule has 1 atom stereocenters. The standard InChI is InChI=1S/C19H21N5O3S/c1-11-9-15(27-21-11)18-16(20-23-28-18)12-5-4-8-24(10-12)19(25)17-13-6-2-3-7-14(13)26-22-17/h9,12H,2-8,10H2,1H3/t12-/m0/s1. The summed E-state index contributed by atoms with van der Waals surface area (Å²) in [4.78, 5) is 15.9. The van der Waals surface area contributed by atoms with Crippen LogP contribution in [0.2, 0.25) is 0 Å². The van der Waals surface area contributed by atoms with Crippen LogP contribution in [0.15, 0.2) is 15.1 Å². The molecule has 8 nitrogen and oxygen atoms in total. The van der Waals surface area contributed by atoms with Gasteiger partial charge in [-0.15, -0.1) is 5.10 Å². The molecule has 5 rings (SSSR count). The molecule has 0 unspecified atom stereocenters. The Morgan fingerprint density at radius 2 is 2.11 bits per heavy atom. The molecule has 0 N–H and O–H groups in total. The molecular formula is C19H21N5O3S. The first kappa shape index (κ1) is 17.5. The number of rotatable bonds is 3. The van der Waals surface area contributed by atoms with Gasteiger partial charge < -0.3 is 13.9 Å². The van der Waals surface area contributed by atoms with Crippen LogP contribution >= 0.6 is 11.5 Å². The van der Waals surface area contributed by atoms with Gasteiger partial charge in [0, 0.05) is 37.1 Å². The number of hydrogen-bond acceptors (Lipinski definition) is 8. The van der Waals surface area contributed by atoms with E-state index in [-0.39, 0.29) is 11.8 Å². The van der Waals surface area contributed by atoms with Crippen LogP contribution in [-0.2, 0) is 12.8 Å². The molecule has 1 aliphatic carbocycles. The van der Waals surface area contributed by atoms with Crippen molar-refractivity contribution in [1.82, 2.24) is 24.8 Å². The van der Waals surface area contributed by atoms with E-state index in [1.807, 2.05) is 17.9 Å². The largest absolute Gasteiger partial charge is 0.360 e. The van der Waals surface area contributed by atoms with E-state index in [1.165, 1.54) is 11.5 Å². The van der Waals surface area contributed by atoms with Crippen molar-refractivity contribution in [2.75, 3.05) is 13.1 Å². The second kappa shape index (κ2) is 7.12. The quantitative estimate of drug-likeness (QED) is 0.666. The predicted octanol–water partition coefficient (Wildman–Crippen LogP) is 3.39. The lowest BCUT2D eigenvalue weighted by Gasteiger charge is -2.31. The van der Waals surface area contributed by atoms with Gasteiger partial charge in [0.1, 0.15) is 10.6 Å². The molecule has 0 bridgehead atoms. The minimum atomic E-state index is -0.0307. The van der Waals surface area contributed by atoms with Crippen molar-refractivity contribution in [3.8, 4) is 10.6 Å². The number of carbonyl (C=O) groups excluding carboxylic acids is 1. The molecule has 0 saturated carbocycles. The Kier molecular flexibility index (Phi) is 4.46. The Labute approximate surface area is 166 Å². The zero-order valence-electron chi connectivity index (χ0n) is 15.7. The molecular weight excluding hydrogens is 378 g/mol. The Balaban J connectivity index is 1.38. The number of piperidine rings is 1. The van der Waals surface area contributed by atoms with Crippen molar-refractivity contribution in [3.63, 3.8) is 0 Å². The summed E-state index contributed by atoms with van der Waals surface area (Å²) in [7, 11) is 0. The highest BCUT2D eigenvalue weighted by Crippen LogP contribution is 2.36. The lowest BCUT2D eigenvalue weighted by atomic mass is 9.92. The normalized spacial score (nSPS) is 19.6. The highest BCUT2D eigenvalue weighted by Gasteiger charge is 2.33. The molecule has 1 amide bonds. The maximum Gasteiger partial charge on any atom is 0.276 e. The molecule has 4 heterocycles. The number of aromatic nitrogens is 4. The summed E-state index contributed by atoms with van der Waals surface area (Å²) in [5, 5.41) is 12.4. The first-order chi connectivity index (χ1) is 13.7. The Bertz CT molecular complexity index is 1010. The Morgan fingerprint density at radius 1 is 1.21 bits per heavy atom. The van der Waals surface area contributed by atoms with Crippen LogP contribution in [0.3, 0.4) is 0 Å². The summed E-state index contributed by atoms with van der Waals surface area (Å²) in [6, 6.07) is 1.89. The van der Waals surface area contributed by atoms with Crippen molar-refractivity contribution in [1.29, 1.82) is 0 Å². The van der Waals surface area contributed by atoms with Crippen LogP contribution < -0.4 is 0 Å². The fraction of sp³-hybridized carbons (Fsp3) is 0.526. The monoisotopic (exact) mass is 399 g/mol. The molecule has 28 heavy (non-hydrogen) atoms. The molecule has 0 aromatic carbocycles. The van der Waals surface area contributed by atoms with E-state index < -0.39 is 0 Å². The van der Waals surface area contributed by atoms with E-state index >= 15 is 0 Å². The van der Waals surface area contributed by atoms with Gasteiger partial charge in [-0.25, -0.2) is 0 Å². The molecule has 3 aromatic heterocycles. The van der Waals surface area contributed by atoms with E-state index in [4.69, 9.17) is 9.05 Å². The number of carbonyl (C=O) groups is 1. The second-order valence-corrected chi connectivity index (χ2v) is 8.30. The van der Waals surface area contributed by atoms with E-state index in [0.29, 0.717) is 18.0 Å². The zero-order chi connectivity index (χ0) is 19.1. The smallest absolute Gasteiger partial charge is 0.276 e. The van der Waals surface area contributed by atoms with Crippen LogP contribution in [0.25, 0.3) is 10.6 Å². The van der Waals surface area contributed by atoms with Crippen molar-refractivity contribution in [3.05, 3.63) is 34.5 Å². The SMILES string of the molecule is Cc1cc(-c2snnc2[C@H]2CCCN(C(=O)c3noc4c3CCCC4)C2)on1. The first-order valence-electron chi connectivity index (χ1n) is 9.73. The lowest BCUT2D eigenvalue weighted by Crippen LogP contribution is -2.40. The molecule has 1 aliphatic heterocycles. The van der Waals surface area contributed by atoms with Gasteiger partial charge in [0.25, 0.3) is 5.91 Å². The summed E-state index contributed by atoms with van der Waals surface area (Å²) in [5.74, 6) is 1.67. The first-order valence-corrected chi connectivity index (χ1v) is 10.5. The van der Waals surface area contributed by atoms with E-state index in [1.54, 1.807) is 0 Å². The third-order valence-electron chi connectivity index (χ3n) is 5.61. The topological polar surface area (TPSA) is 98.2 Å². The summed E-state index contributed by atoms with van der Waals surface area (Å²) in [5.41, 5.74) is 3.22.